The molecule has 24 heavy (non-hydrogen) atoms. The van der Waals surface area contributed by atoms with Crippen molar-refractivity contribution < 1.29 is 9.90 Å². The van der Waals surface area contributed by atoms with Crippen LogP contribution in [0.1, 0.15) is 40.0 Å². The molecule has 6 nitrogen and oxygen atoms in total. The minimum atomic E-state index is -0.750. The lowest BCUT2D eigenvalue weighted by molar-refractivity contribution is 0.0950. The lowest BCUT2D eigenvalue weighted by Gasteiger charge is -2.17. The van der Waals surface area contributed by atoms with Gasteiger partial charge < -0.3 is 10.1 Å². The summed E-state index contributed by atoms with van der Waals surface area (Å²) in [6, 6.07) is 6.93. The van der Waals surface area contributed by atoms with Gasteiger partial charge in [0.25, 0.3) is 11.5 Å². The third-order valence-corrected chi connectivity index (χ3v) is 4.17. The van der Waals surface area contributed by atoms with Crippen LogP contribution in [0.15, 0.2) is 34.2 Å². The summed E-state index contributed by atoms with van der Waals surface area (Å²) in [6.45, 7) is 0. The number of H-pyrrole nitrogens is 1. The zero-order valence-corrected chi connectivity index (χ0v) is 13.6. The number of halogens is 1. The molecule has 1 aromatic heterocycles. The maximum absolute atomic E-state index is 12.2. The highest BCUT2D eigenvalue weighted by atomic mass is 35.5. The SMILES string of the molecule is O=C(N/N=C/c1cccc(Cl)c1)c1c(O)c2c([nH]c1=O)CCCC2. The molecule has 0 radical (unpaired) electrons. The fourth-order valence-electron chi connectivity index (χ4n) is 2.78. The van der Waals surface area contributed by atoms with Crippen molar-refractivity contribution in [1.29, 1.82) is 0 Å². The summed E-state index contributed by atoms with van der Waals surface area (Å²) in [5.74, 6) is -0.996. The molecular formula is C17H16ClN3O3. The van der Waals surface area contributed by atoms with Crippen molar-refractivity contribution in [3.05, 3.63) is 62.0 Å². The zero-order chi connectivity index (χ0) is 17.1. The number of hydrogen-bond acceptors (Lipinski definition) is 4. The molecule has 0 bridgehead atoms. The van der Waals surface area contributed by atoms with E-state index in [9.17, 15) is 14.7 Å². The van der Waals surface area contributed by atoms with Crippen molar-refractivity contribution >= 4 is 23.7 Å². The van der Waals surface area contributed by atoms with E-state index in [0.29, 0.717) is 34.7 Å². The molecule has 0 fully saturated rings. The second kappa shape index (κ2) is 6.88. The van der Waals surface area contributed by atoms with Crippen molar-refractivity contribution in [2.75, 3.05) is 0 Å². The highest BCUT2D eigenvalue weighted by Gasteiger charge is 2.23. The Bertz CT molecular complexity index is 874. The molecule has 0 unspecified atom stereocenters. The molecular weight excluding hydrogens is 330 g/mol. The lowest BCUT2D eigenvalue weighted by atomic mass is 9.94. The third kappa shape index (κ3) is 3.33. The predicted octanol–water partition coefficient (Wildman–Crippen LogP) is 2.38. The van der Waals surface area contributed by atoms with E-state index in [1.54, 1.807) is 24.3 Å². The molecule has 7 heteroatoms. The molecule has 1 amide bonds. The quantitative estimate of drug-likeness (QED) is 0.588. The number of nitrogens with zero attached hydrogens (tertiary/aromatic N) is 1. The molecule has 0 atom stereocenters. The van der Waals surface area contributed by atoms with Crippen LogP contribution in [0.25, 0.3) is 0 Å². The van der Waals surface area contributed by atoms with E-state index < -0.39 is 11.5 Å². The van der Waals surface area contributed by atoms with Gasteiger partial charge in [0.1, 0.15) is 11.3 Å². The van der Waals surface area contributed by atoms with Crippen LogP contribution in [0, 0.1) is 0 Å². The van der Waals surface area contributed by atoms with E-state index in [-0.39, 0.29) is 11.3 Å². The zero-order valence-electron chi connectivity index (χ0n) is 12.8. The lowest BCUT2D eigenvalue weighted by Crippen LogP contribution is -2.29. The van der Waals surface area contributed by atoms with E-state index in [1.807, 2.05) is 0 Å². The number of carbonyl (C=O) groups excluding carboxylic acids is 1. The molecule has 1 aliphatic carbocycles. The van der Waals surface area contributed by atoms with Crippen LogP contribution in [0.3, 0.4) is 0 Å². The third-order valence-electron chi connectivity index (χ3n) is 3.94. The van der Waals surface area contributed by atoms with Gasteiger partial charge in [-0.1, -0.05) is 23.7 Å². The molecule has 3 rings (SSSR count). The van der Waals surface area contributed by atoms with E-state index in [1.165, 1.54) is 6.21 Å². The largest absolute Gasteiger partial charge is 0.507 e. The van der Waals surface area contributed by atoms with Crippen LogP contribution < -0.4 is 11.0 Å². The summed E-state index contributed by atoms with van der Waals surface area (Å²) in [7, 11) is 0. The number of rotatable bonds is 3. The molecule has 0 saturated heterocycles. The first-order valence-corrected chi connectivity index (χ1v) is 8.00. The predicted molar refractivity (Wildman–Crippen MR) is 91.9 cm³/mol. The fourth-order valence-corrected chi connectivity index (χ4v) is 2.98. The molecule has 0 spiro atoms. The second-order valence-corrected chi connectivity index (χ2v) is 6.03. The molecule has 1 aromatic carbocycles. The van der Waals surface area contributed by atoms with Gasteiger partial charge in [0, 0.05) is 16.3 Å². The number of carbonyl (C=O) groups is 1. The van der Waals surface area contributed by atoms with Gasteiger partial charge in [0.05, 0.1) is 6.21 Å². The molecule has 3 N–H and O–H groups in total. The minimum absolute atomic E-state index is 0.246. The van der Waals surface area contributed by atoms with Crippen molar-refractivity contribution in [2.45, 2.75) is 25.7 Å². The number of fused-ring (bicyclic) bond motifs is 1. The molecule has 2 aromatic rings. The number of aromatic hydroxyl groups is 1. The normalized spacial score (nSPS) is 13.7. The van der Waals surface area contributed by atoms with Gasteiger partial charge in [-0.2, -0.15) is 5.10 Å². The second-order valence-electron chi connectivity index (χ2n) is 5.60. The van der Waals surface area contributed by atoms with Crippen molar-refractivity contribution in [2.24, 2.45) is 5.10 Å². The van der Waals surface area contributed by atoms with Crippen molar-refractivity contribution in [1.82, 2.24) is 10.4 Å². The number of pyridine rings is 1. The number of benzene rings is 1. The highest BCUT2D eigenvalue weighted by molar-refractivity contribution is 6.30. The maximum Gasteiger partial charge on any atom is 0.280 e. The van der Waals surface area contributed by atoms with E-state index in [4.69, 9.17) is 11.6 Å². The van der Waals surface area contributed by atoms with Crippen LogP contribution in [-0.4, -0.2) is 22.2 Å². The number of aromatic nitrogens is 1. The van der Waals surface area contributed by atoms with Crippen LogP contribution in [0.4, 0.5) is 0 Å². The minimum Gasteiger partial charge on any atom is -0.507 e. The van der Waals surface area contributed by atoms with Gasteiger partial charge >= 0.3 is 0 Å². The molecule has 0 saturated carbocycles. The number of nitrogens with one attached hydrogen (secondary N) is 2. The Morgan fingerprint density at radius 2 is 2.12 bits per heavy atom. The van der Waals surface area contributed by atoms with Gasteiger partial charge in [-0.05, 0) is 43.4 Å². The van der Waals surface area contributed by atoms with Crippen LogP contribution in [0.5, 0.6) is 5.75 Å². The summed E-state index contributed by atoms with van der Waals surface area (Å²) in [5, 5.41) is 14.6. The molecule has 1 aliphatic rings. The summed E-state index contributed by atoms with van der Waals surface area (Å²) >= 11 is 5.86. The van der Waals surface area contributed by atoms with E-state index >= 15 is 0 Å². The van der Waals surface area contributed by atoms with Crippen LogP contribution >= 0.6 is 11.6 Å². The van der Waals surface area contributed by atoms with Gasteiger partial charge in [-0.25, -0.2) is 5.43 Å². The van der Waals surface area contributed by atoms with Gasteiger partial charge in [-0.3, -0.25) is 9.59 Å². The first-order valence-electron chi connectivity index (χ1n) is 7.62. The Balaban J connectivity index is 1.81. The van der Waals surface area contributed by atoms with Crippen molar-refractivity contribution in [3.8, 4) is 5.75 Å². The number of aryl methyl sites for hydroxylation is 1. The summed E-state index contributed by atoms with van der Waals surface area (Å²) < 4.78 is 0. The standard InChI is InChI=1S/C17H16ClN3O3/c18-11-5-3-4-10(8-11)9-19-21-17(24)14-15(22)12-6-1-2-7-13(12)20-16(14)23/h3-5,8-9H,1-2,6-7H2,(H,21,24)(H2,20,22,23)/b19-9+. The first kappa shape index (κ1) is 16.3. The molecule has 0 aliphatic heterocycles. The van der Waals surface area contributed by atoms with E-state index in [2.05, 4.69) is 15.5 Å². The van der Waals surface area contributed by atoms with Crippen molar-refractivity contribution in [3.63, 3.8) is 0 Å². The summed E-state index contributed by atoms with van der Waals surface area (Å²) in [4.78, 5) is 27.0. The Kier molecular flexibility index (Phi) is 4.66. The number of hydrazone groups is 1. The molecule has 1 heterocycles. The maximum atomic E-state index is 12.2. The molecule has 124 valence electrons. The Labute approximate surface area is 143 Å². The van der Waals surface area contributed by atoms with Crippen LogP contribution in [0.2, 0.25) is 5.02 Å². The average molecular weight is 346 g/mol. The highest BCUT2D eigenvalue weighted by Crippen LogP contribution is 2.28. The fraction of sp³-hybridized carbons (Fsp3) is 0.235. The monoisotopic (exact) mass is 345 g/mol. The van der Waals surface area contributed by atoms with Crippen LogP contribution in [-0.2, 0) is 12.8 Å². The number of hydrogen-bond donors (Lipinski definition) is 3. The first-order chi connectivity index (χ1) is 11.6. The van der Waals surface area contributed by atoms with E-state index in [0.717, 1.165) is 12.8 Å². The Hall–Kier alpha value is -2.60. The Morgan fingerprint density at radius 1 is 1.33 bits per heavy atom. The van der Waals surface area contributed by atoms with Gasteiger partial charge in [0.2, 0.25) is 0 Å². The Morgan fingerprint density at radius 3 is 2.92 bits per heavy atom. The number of amides is 1. The summed E-state index contributed by atoms with van der Waals surface area (Å²) in [5.41, 5.74) is 3.40. The topological polar surface area (TPSA) is 94.5 Å². The van der Waals surface area contributed by atoms with Gasteiger partial charge in [0.15, 0.2) is 0 Å². The summed E-state index contributed by atoms with van der Waals surface area (Å²) in [6.07, 6.45) is 4.63. The average Bonchev–Trinajstić information content (AvgIpc) is 2.55. The van der Waals surface area contributed by atoms with Gasteiger partial charge in [-0.15, -0.1) is 0 Å². The smallest absolute Gasteiger partial charge is 0.280 e. The number of aromatic amines is 1.